The van der Waals surface area contributed by atoms with Crippen LogP contribution in [0.3, 0.4) is 0 Å². The van der Waals surface area contributed by atoms with Crippen LogP contribution in [0.1, 0.15) is 26.7 Å². The van der Waals surface area contributed by atoms with E-state index in [1.807, 2.05) is 31.4 Å². The second-order valence-electron chi connectivity index (χ2n) is 8.14. The second kappa shape index (κ2) is 7.15. The van der Waals surface area contributed by atoms with Crippen LogP contribution in [0.5, 0.6) is 0 Å². The summed E-state index contributed by atoms with van der Waals surface area (Å²) in [5, 5.41) is 14.2. The van der Waals surface area contributed by atoms with Crippen molar-refractivity contribution in [3.05, 3.63) is 36.8 Å². The number of anilines is 2. The van der Waals surface area contributed by atoms with Crippen molar-refractivity contribution in [1.29, 1.82) is 0 Å². The number of pyridine rings is 1. The molecule has 31 heavy (non-hydrogen) atoms. The van der Waals surface area contributed by atoms with Crippen LogP contribution in [-0.2, 0) is 4.79 Å². The first-order valence-corrected chi connectivity index (χ1v) is 10.1. The van der Waals surface area contributed by atoms with E-state index in [0.29, 0.717) is 17.4 Å². The van der Waals surface area contributed by atoms with E-state index >= 15 is 0 Å². The third kappa shape index (κ3) is 3.49. The Balaban J connectivity index is 1.45. The maximum absolute atomic E-state index is 11.4. The summed E-state index contributed by atoms with van der Waals surface area (Å²) in [6.45, 7) is 3.59. The number of nitrogens with zero attached hydrogens (tertiary/aromatic N) is 6. The molecule has 0 aliphatic heterocycles. The van der Waals surface area contributed by atoms with E-state index in [2.05, 4.69) is 47.9 Å². The minimum atomic E-state index is -0.176. The van der Waals surface area contributed by atoms with E-state index in [-0.39, 0.29) is 17.5 Å². The minimum absolute atomic E-state index is 0.00996. The van der Waals surface area contributed by atoms with Crippen molar-refractivity contribution in [3.63, 3.8) is 0 Å². The number of nitrogens with one attached hydrogen (secondary N) is 3. The van der Waals surface area contributed by atoms with Gasteiger partial charge in [-0.1, -0.05) is 0 Å². The second-order valence-corrected chi connectivity index (χ2v) is 8.14. The number of carbonyl (C=O) groups is 1. The van der Waals surface area contributed by atoms with Crippen molar-refractivity contribution in [1.82, 2.24) is 34.9 Å². The maximum Gasteiger partial charge on any atom is 0.243 e. The maximum atomic E-state index is 11.4. The first-order chi connectivity index (χ1) is 14.9. The molecule has 1 saturated carbocycles. The fourth-order valence-electron chi connectivity index (χ4n) is 4.31. The van der Waals surface area contributed by atoms with Crippen molar-refractivity contribution in [2.45, 2.75) is 38.3 Å². The topological polar surface area (TPSA) is 122 Å². The van der Waals surface area contributed by atoms with Gasteiger partial charge < -0.3 is 16.0 Å². The van der Waals surface area contributed by atoms with E-state index in [9.17, 15) is 4.79 Å². The Morgan fingerprint density at radius 1 is 1.16 bits per heavy atom. The molecule has 0 spiro atoms. The van der Waals surface area contributed by atoms with Crippen molar-refractivity contribution in [2.24, 2.45) is 0 Å². The highest BCUT2D eigenvalue weighted by atomic mass is 16.1. The molecule has 5 rings (SSSR count). The summed E-state index contributed by atoms with van der Waals surface area (Å²) in [4.78, 5) is 29.3. The number of hydrogen-bond acceptors (Lipinski definition) is 8. The first-order valence-electron chi connectivity index (χ1n) is 10.1. The van der Waals surface area contributed by atoms with Gasteiger partial charge in [0, 0.05) is 49.7 Å². The molecule has 10 nitrogen and oxygen atoms in total. The van der Waals surface area contributed by atoms with Gasteiger partial charge in [-0.2, -0.15) is 4.98 Å². The summed E-state index contributed by atoms with van der Waals surface area (Å²) in [5.74, 6) is 1.22. The molecule has 3 N–H and O–H groups in total. The van der Waals surface area contributed by atoms with Gasteiger partial charge in [0.15, 0.2) is 11.5 Å². The van der Waals surface area contributed by atoms with Crippen molar-refractivity contribution in [2.75, 3.05) is 17.7 Å². The Morgan fingerprint density at radius 2 is 1.97 bits per heavy atom. The largest absolute Gasteiger partial charge is 0.371 e. The molecule has 0 saturated heterocycles. The lowest BCUT2D eigenvalue weighted by Gasteiger charge is -2.45. The Kier molecular flexibility index (Phi) is 4.42. The summed E-state index contributed by atoms with van der Waals surface area (Å²) in [6.07, 6.45) is 6.82. The molecule has 4 heterocycles. The SMILES string of the molecule is CNc1nc(NC2CC(C)(NC(C)=O)C2)nn2ccc(-c3ccc4nccnc4n3)c12. The normalized spacial score (nSPS) is 20.4. The molecule has 1 amide bonds. The quantitative estimate of drug-likeness (QED) is 0.452. The van der Waals surface area contributed by atoms with Crippen LogP contribution >= 0.6 is 0 Å². The fourth-order valence-corrected chi connectivity index (χ4v) is 4.31. The standard InChI is InChI=1S/C21H23N9O/c1-12(31)28-21(2)10-13(11-21)25-20-27-19(22-3)17-14(6-9-30(17)29-20)15-4-5-16-18(26-15)24-8-7-23-16/h4-9,13H,10-11H2,1-3H3,(H,28,31)(H2,22,25,27,29). The number of fused-ring (bicyclic) bond motifs is 2. The van der Waals surface area contributed by atoms with E-state index in [1.165, 1.54) is 0 Å². The molecule has 1 aliphatic rings. The van der Waals surface area contributed by atoms with E-state index in [4.69, 9.17) is 0 Å². The molecule has 0 aromatic carbocycles. The molecular weight excluding hydrogens is 394 g/mol. The van der Waals surface area contributed by atoms with Crippen LogP contribution in [0.15, 0.2) is 36.8 Å². The monoisotopic (exact) mass is 417 g/mol. The van der Waals surface area contributed by atoms with Gasteiger partial charge in [-0.3, -0.25) is 9.78 Å². The zero-order valence-electron chi connectivity index (χ0n) is 17.5. The lowest BCUT2D eigenvalue weighted by atomic mass is 9.74. The summed E-state index contributed by atoms with van der Waals surface area (Å²) < 4.78 is 1.80. The molecule has 0 bridgehead atoms. The summed E-state index contributed by atoms with van der Waals surface area (Å²) >= 11 is 0. The van der Waals surface area contributed by atoms with Gasteiger partial charge in [0.05, 0.1) is 5.69 Å². The van der Waals surface area contributed by atoms with Crippen LogP contribution in [0, 0.1) is 0 Å². The van der Waals surface area contributed by atoms with Crippen LogP contribution in [0.25, 0.3) is 27.9 Å². The number of carbonyl (C=O) groups excluding carboxylic acids is 1. The molecule has 10 heteroatoms. The van der Waals surface area contributed by atoms with Gasteiger partial charge in [0.25, 0.3) is 0 Å². The minimum Gasteiger partial charge on any atom is -0.371 e. The van der Waals surface area contributed by atoms with Crippen LogP contribution in [0.2, 0.25) is 0 Å². The zero-order chi connectivity index (χ0) is 21.6. The average molecular weight is 417 g/mol. The van der Waals surface area contributed by atoms with Crippen LogP contribution in [0.4, 0.5) is 11.8 Å². The smallest absolute Gasteiger partial charge is 0.243 e. The Morgan fingerprint density at radius 3 is 2.74 bits per heavy atom. The molecule has 0 atom stereocenters. The van der Waals surface area contributed by atoms with Crippen molar-refractivity contribution < 1.29 is 4.79 Å². The molecule has 0 unspecified atom stereocenters. The molecule has 0 radical (unpaired) electrons. The third-order valence-electron chi connectivity index (χ3n) is 5.56. The highest BCUT2D eigenvalue weighted by molar-refractivity contribution is 5.89. The Labute approximate surface area is 178 Å². The van der Waals surface area contributed by atoms with Gasteiger partial charge >= 0.3 is 0 Å². The number of aromatic nitrogens is 6. The lowest BCUT2D eigenvalue weighted by molar-refractivity contribution is -0.121. The average Bonchev–Trinajstić information content (AvgIpc) is 3.15. The Hall–Kier alpha value is -3.82. The third-order valence-corrected chi connectivity index (χ3v) is 5.56. The summed E-state index contributed by atoms with van der Waals surface area (Å²) in [7, 11) is 1.83. The molecule has 1 aliphatic carbocycles. The first kappa shape index (κ1) is 19.2. The van der Waals surface area contributed by atoms with Crippen LogP contribution < -0.4 is 16.0 Å². The predicted octanol–water partition coefficient (Wildman–Crippen LogP) is 2.25. The highest BCUT2D eigenvalue weighted by Crippen LogP contribution is 2.34. The van der Waals surface area contributed by atoms with Crippen LogP contribution in [-0.4, -0.2) is 54.1 Å². The summed E-state index contributed by atoms with van der Waals surface area (Å²) in [5.41, 5.74) is 3.69. The summed E-state index contributed by atoms with van der Waals surface area (Å²) in [6, 6.07) is 6.01. The molecular formula is C21H23N9O. The Bertz CT molecular complexity index is 1290. The van der Waals surface area contributed by atoms with E-state index in [0.717, 1.165) is 35.1 Å². The van der Waals surface area contributed by atoms with E-state index in [1.54, 1.807) is 23.8 Å². The molecule has 1 fully saturated rings. The number of hydrogen-bond donors (Lipinski definition) is 3. The lowest BCUT2D eigenvalue weighted by Crippen LogP contribution is -2.59. The molecule has 158 valence electrons. The van der Waals surface area contributed by atoms with Crippen molar-refractivity contribution >= 4 is 34.4 Å². The number of rotatable bonds is 5. The predicted molar refractivity (Wildman–Crippen MR) is 118 cm³/mol. The zero-order valence-corrected chi connectivity index (χ0v) is 17.5. The molecule has 4 aromatic rings. The number of amides is 1. The van der Waals surface area contributed by atoms with E-state index < -0.39 is 0 Å². The van der Waals surface area contributed by atoms with Gasteiger partial charge in [0.1, 0.15) is 11.0 Å². The van der Waals surface area contributed by atoms with Gasteiger partial charge in [-0.05, 0) is 38.0 Å². The van der Waals surface area contributed by atoms with Gasteiger partial charge in [-0.15, -0.1) is 5.10 Å². The molecule has 4 aromatic heterocycles. The van der Waals surface area contributed by atoms with Gasteiger partial charge in [0.2, 0.25) is 11.9 Å². The van der Waals surface area contributed by atoms with Gasteiger partial charge in [-0.25, -0.2) is 14.5 Å². The van der Waals surface area contributed by atoms with Crippen molar-refractivity contribution in [3.8, 4) is 11.3 Å². The fraction of sp³-hybridized carbons (Fsp3) is 0.333. The highest BCUT2D eigenvalue weighted by Gasteiger charge is 2.41.